The first-order valence-electron chi connectivity index (χ1n) is 4.62. The van der Waals surface area contributed by atoms with Gasteiger partial charge in [0.1, 0.15) is 0 Å². The van der Waals surface area contributed by atoms with E-state index < -0.39 is 0 Å². The van der Waals surface area contributed by atoms with Crippen molar-refractivity contribution in [3.63, 3.8) is 0 Å². The Morgan fingerprint density at radius 1 is 1.42 bits per heavy atom. The third-order valence-corrected chi connectivity index (χ3v) is 1.55. The molecule has 0 aromatic heterocycles. The molecule has 0 amide bonds. The Hall–Kier alpha value is -0.730. The Bertz CT molecular complexity index is 141. The van der Waals surface area contributed by atoms with E-state index in [-0.39, 0.29) is 0 Å². The van der Waals surface area contributed by atoms with E-state index in [9.17, 15) is 0 Å². The van der Waals surface area contributed by atoms with Crippen molar-refractivity contribution < 1.29 is 0 Å². The van der Waals surface area contributed by atoms with Crippen LogP contribution in [0, 0.1) is 5.92 Å². The number of nitrogens with two attached hydrogens (primary N) is 1. The second-order valence-corrected chi connectivity index (χ2v) is 3.53. The normalized spacial score (nSPS) is 14.9. The molecule has 0 bridgehead atoms. The van der Waals surface area contributed by atoms with Crippen molar-refractivity contribution in [1.29, 1.82) is 0 Å². The minimum atomic E-state index is 0.417. The van der Waals surface area contributed by atoms with Gasteiger partial charge in [0, 0.05) is 12.6 Å². The highest BCUT2D eigenvalue weighted by Crippen LogP contribution is 2.02. The van der Waals surface area contributed by atoms with Gasteiger partial charge in [-0.05, 0) is 26.2 Å². The van der Waals surface area contributed by atoms with Crippen molar-refractivity contribution in [2.24, 2.45) is 16.6 Å². The van der Waals surface area contributed by atoms with Crippen molar-refractivity contribution in [1.82, 2.24) is 5.32 Å². The summed E-state index contributed by atoms with van der Waals surface area (Å²) in [6.45, 7) is 9.24. The molecule has 0 radical (unpaired) electrons. The average Bonchev–Trinajstić information content (AvgIpc) is 1.84. The zero-order valence-electron chi connectivity index (χ0n) is 8.59. The molecule has 0 spiro atoms. The maximum absolute atomic E-state index is 5.60. The summed E-state index contributed by atoms with van der Waals surface area (Å²) >= 11 is 0. The van der Waals surface area contributed by atoms with Gasteiger partial charge in [0.2, 0.25) is 0 Å². The second-order valence-electron chi connectivity index (χ2n) is 3.53. The fraction of sp³-hybridized carbons (Fsp3) is 0.889. The van der Waals surface area contributed by atoms with Crippen molar-refractivity contribution in [2.45, 2.75) is 40.2 Å². The van der Waals surface area contributed by atoms with Crippen molar-refractivity contribution in [2.75, 3.05) is 6.54 Å². The predicted octanol–water partition coefficient (Wildman–Crippen LogP) is 1.35. The molecule has 0 aliphatic rings. The molecule has 0 saturated heterocycles. The Balaban J connectivity index is 3.68. The lowest BCUT2D eigenvalue weighted by atomic mass is 10.1. The maximum atomic E-state index is 5.60. The first-order chi connectivity index (χ1) is 5.56. The average molecular weight is 171 g/mol. The zero-order chi connectivity index (χ0) is 9.56. The van der Waals surface area contributed by atoms with Gasteiger partial charge < -0.3 is 11.1 Å². The van der Waals surface area contributed by atoms with Gasteiger partial charge in [-0.1, -0.05) is 13.8 Å². The van der Waals surface area contributed by atoms with Gasteiger partial charge in [0.25, 0.3) is 0 Å². The van der Waals surface area contributed by atoms with Crippen LogP contribution in [0.1, 0.15) is 34.1 Å². The maximum Gasteiger partial charge on any atom is 0.188 e. The van der Waals surface area contributed by atoms with Crippen molar-refractivity contribution >= 4 is 5.96 Å². The van der Waals surface area contributed by atoms with Crippen LogP contribution in [0.3, 0.4) is 0 Å². The van der Waals surface area contributed by atoms with Crippen LogP contribution in [-0.4, -0.2) is 18.5 Å². The van der Waals surface area contributed by atoms with Crippen LogP contribution in [0.25, 0.3) is 0 Å². The molecule has 72 valence electrons. The molecule has 0 rings (SSSR count). The summed E-state index contributed by atoms with van der Waals surface area (Å²) < 4.78 is 0. The van der Waals surface area contributed by atoms with E-state index in [0.717, 1.165) is 13.0 Å². The predicted molar refractivity (Wildman–Crippen MR) is 54.2 cm³/mol. The SMILES string of the molecule is CCN=C(N)NC(C)CC(C)C. The van der Waals surface area contributed by atoms with Crippen LogP contribution in [0.5, 0.6) is 0 Å². The van der Waals surface area contributed by atoms with Gasteiger partial charge in [-0.3, -0.25) is 4.99 Å². The standard InChI is InChI=1S/C9H21N3/c1-5-11-9(10)12-8(4)6-7(2)3/h7-8H,5-6H2,1-4H3,(H3,10,11,12). The Morgan fingerprint density at radius 3 is 2.42 bits per heavy atom. The lowest BCUT2D eigenvalue weighted by molar-refractivity contribution is 0.489. The highest BCUT2D eigenvalue weighted by atomic mass is 15.1. The second kappa shape index (κ2) is 5.86. The monoisotopic (exact) mass is 171 g/mol. The molecule has 0 saturated carbocycles. The largest absolute Gasteiger partial charge is 0.370 e. The highest BCUT2D eigenvalue weighted by Gasteiger charge is 2.04. The van der Waals surface area contributed by atoms with E-state index in [1.54, 1.807) is 0 Å². The molecule has 0 aliphatic carbocycles. The number of nitrogens with zero attached hydrogens (tertiary/aromatic N) is 1. The van der Waals surface area contributed by atoms with Gasteiger partial charge >= 0.3 is 0 Å². The summed E-state index contributed by atoms with van der Waals surface area (Å²) in [6, 6.07) is 0.417. The van der Waals surface area contributed by atoms with Crippen LogP contribution in [0.15, 0.2) is 4.99 Å². The van der Waals surface area contributed by atoms with Gasteiger partial charge in [-0.2, -0.15) is 0 Å². The summed E-state index contributed by atoms with van der Waals surface area (Å²) in [7, 11) is 0. The van der Waals surface area contributed by atoms with E-state index in [4.69, 9.17) is 5.73 Å². The first-order valence-corrected chi connectivity index (χ1v) is 4.62. The number of rotatable bonds is 4. The number of aliphatic imine (C=N–C) groups is 1. The summed E-state index contributed by atoms with van der Waals surface area (Å²) in [5, 5.41) is 3.14. The van der Waals surface area contributed by atoms with Crippen molar-refractivity contribution in [3.05, 3.63) is 0 Å². The summed E-state index contributed by atoms with van der Waals surface area (Å²) in [5.41, 5.74) is 5.60. The summed E-state index contributed by atoms with van der Waals surface area (Å²) in [6.07, 6.45) is 1.12. The summed E-state index contributed by atoms with van der Waals surface area (Å²) in [5.74, 6) is 1.26. The van der Waals surface area contributed by atoms with E-state index in [0.29, 0.717) is 17.9 Å². The lowest BCUT2D eigenvalue weighted by Gasteiger charge is -2.16. The molecule has 0 fully saturated rings. The van der Waals surface area contributed by atoms with E-state index in [1.807, 2.05) is 6.92 Å². The molecule has 12 heavy (non-hydrogen) atoms. The van der Waals surface area contributed by atoms with Gasteiger partial charge in [-0.15, -0.1) is 0 Å². The number of hydrogen-bond acceptors (Lipinski definition) is 1. The molecule has 1 atom stereocenters. The van der Waals surface area contributed by atoms with Crippen molar-refractivity contribution in [3.8, 4) is 0 Å². The number of guanidine groups is 1. The first kappa shape index (κ1) is 11.3. The van der Waals surface area contributed by atoms with Gasteiger partial charge in [0.05, 0.1) is 0 Å². The summed E-state index contributed by atoms with van der Waals surface area (Å²) in [4.78, 5) is 4.06. The van der Waals surface area contributed by atoms with Gasteiger partial charge in [-0.25, -0.2) is 0 Å². The Morgan fingerprint density at radius 2 is 2.00 bits per heavy atom. The molecule has 1 unspecified atom stereocenters. The van der Waals surface area contributed by atoms with Crippen LogP contribution < -0.4 is 11.1 Å². The third-order valence-electron chi connectivity index (χ3n) is 1.55. The Labute approximate surface area is 75.4 Å². The van der Waals surface area contributed by atoms with Crippen LogP contribution in [0.2, 0.25) is 0 Å². The zero-order valence-corrected chi connectivity index (χ0v) is 8.59. The molecule has 0 aliphatic heterocycles. The van der Waals surface area contributed by atoms with Crippen LogP contribution in [-0.2, 0) is 0 Å². The molecule has 3 nitrogen and oxygen atoms in total. The topological polar surface area (TPSA) is 50.4 Å². The smallest absolute Gasteiger partial charge is 0.188 e. The van der Waals surface area contributed by atoms with E-state index >= 15 is 0 Å². The van der Waals surface area contributed by atoms with Crippen LogP contribution in [0.4, 0.5) is 0 Å². The molecule has 0 aromatic carbocycles. The quantitative estimate of drug-likeness (QED) is 0.495. The molecule has 0 heterocycles. The van der Waals surface area contributed by atoms with E-state index in [2.05, 4.69) is 31.1 Å². The van der Waals surface area contributed by atoms with E-state index in [1.165, 1.54) is 0 Å². The minimum absolute atomic E-state index is 0.417. The minimum Gasteiger partial charge on any atom is -0.370 e. The number of hydrogen-bond donors (Lipinski definition) is 2. The fourth-order valence-corrected chi connectivity index (χ4v) is 1.23. The molecular formula is C9H21N3. The van der Waals surface area contributed by atoms with Gasteiger partial charge in [0.15, 0.2) is 5.96 Å². The van der Waals surface area contributed by atoms with Crippen LogP contribution >= 0.6 is 0 Å². The molecular weight excluding hydrogens is 150 g/mol. The highest BCUT2D eigenvalue weighted by molar-refractivity contribution is 5.78. The Kier molecular flexibility index (Phi) is 5.51. The fourth-order valence-electron chi connectivity index (χ4n) is 1.23. The lowest BCUT2D eigenvalue weighted by Crippen LogP contribution is -2.39. The number of nitrogens with one attached hydrogen (secondary N) is 1. The third kappa shape index (κ3) is 6.01. The molecule has 3 N–H and O–H groups in total. The molecule has 0 aromatic rings. The molecule has 3 heteroatoms.